The molecule has 24 heavy (non-hydrogen) atoms. The predicted octanol–water partition coefficient (Wildman–Crippen LogP) is 2.82. The predicted molar refractivity (Wildman–Crippen MR) is 99.3 cm³/mol. The molecule has 0 radical (unpaired) electrons. The zero-order valence-corrected chi connectivity index (χ0v) is 14.6. The minimum atomic E-state index is -0.272. The Balaban J connectivity index is 2.05. The van der Waals surface area contributed by atoms with Crippen molar-refractivity contribution in [2.75, 3.05) is 19.4 Å². The van der Waals surface area contributed by atoms with E-state index in [4.69, 9.17) is 12.2 Å². The average molecular weight is 341 g/mol. The quantitative estimate of drug-likeness (QED) is 0.843. The summed E-state index contributed by atoms with van der Waals surface area (Å²) in [7, 11) is 3.38. The third-order valence-corrected chi connectivity index (χ3v) is 3.59. The molecule has 6 heteroatoms. The van der Waals surface area contributed by atoms with Crippen molar-refractivity contribution in [2.45, 2.75) is 6.92 Å². The molecule has 0 fully saturated rings. The Morgan fingerprint density at radius 3 is 2.42 bits per heavy atom. The van der Waals surface area contributed by atoms with E-state index in [1.165, 1.54) is 4.90 Å². The SMILES string of the molecule is Cc1ccccc1C(=O)NC(=S)Nc1cccc(C(=O)N(C)C)c1. The summed E-state index contributed by atoms with van der Waals surface area (Å²) < 4.78 is 0. The highest BCUT2D eigenvalue weighted by molar-refractivity contribution is 7.80. The maximum absolute atomic E-state index is 12.2. The molecule has 2 rings (SSSR count). The highest BCUT2D eigenvalue weighted by Crippen LogP contribution is 2.12. The van der Waals surface area contributed by atoms with Crippen LogP contribution in [0.3, 0.4) is 0 Å². The molecule has 0 aliphatic heterocycles. The van der Waals surface area contributed by atoms with Crippen LogP contribution in [0.2, 0.25) is 0 Å². The van der Waals surface area contributed by atoms with Gasteiger partial charge in [0.2, 0.25) is 0 Å². The van der Waals surface area contributed by atoms with E-state index < -0.39 is 0 Å². The third kappa shape index (κ3) is 4.39. The van der Waals surface area contributed by atoms with Gasteiger partial charge in [0.15, 0.2) is 5.11 Å². The average Bonchev–Trinajstić information content (AvgIpc) is 2.54. The smallest absolute Gasteiger partial charge is 0.257 e. The molecular formula is C18H19N3O2S. The Kier molecular flexibility index (Phi) is 5.65. The molecule has 0 atom stereocenters. The Bertz CT molecular complexity index is 787. The van der Waals surface area contributed by atoms with Crippen LogP contribution in [-0.4, -0.2) is 35.9 Å². The van der Waals surface area contributed by atoms with Gasteiger partial charge in [0.1, 0.15) is 0 Å². The number of hydrogen-bond acceptors (Lipinski definition) is 3. The summed E-state index contributed by atoms with van der Waals surface area (Å²) in [5.74, 6) is -0.375. The first-order valence-electron chi connectivity index (χ1n) is 7.38. The molecule has 0 unspecified atom stereocenters. The van der Waals surface area contributed by atoms with Crippen molar-refractivity contribution in [2.24, 2.45) is 0 Å². The number of carbonyl (C=O) groups is 2. The van der Waals surface area contributed by atoms with E-state index in [1.807, 2.05) is 19.1 Å². The van der Waals surface area contributed by atoms with Crippen LogP contribution in [0.1, 0.15) is 26.3 Å². The molecule has 0 aliphatic carbocycles. The van der Waals surface area contributed by atoms with Crippen molar-refractivity contribution in [3.05, 3.63) is 65.2 Å². The highest BCUT2D eigenvalue weighted by atomic mass is 32.1. The van der Waals surface area contributed by atoms with Crippen molar-refractivity contribution in [1.82, 2.24) is 10.2 Å². The van der Waals surface area contributed by atoms with Gasteiger partial charge < -0.3 is 10.2 Å². The molecule has 2 aromatic rings. The van der Waals surface area contributed by atoms with Gasteiger partial charge in [0.25, 0.3) is 11.8 Å². The Hall–Kier alpha value is -2.73. The van der Waals surface area contributed by atoms with Gasteiger partial charge in [-0.2, -0.15) is 0 Å². The normalized spacial score (nSPS) is 9.96. The molecule has 5 nitrogen and oxygen atoms in total. The van der Waals surface area contributed by atoms with Gasteiger partial charge in [-0.05, 0) is 49.0 Å². The zero-order chi connectivity index (χ0) is 17.7. The molecule has 0 heterocycles. The van der Waals surface area contributed by atoms with Crippen molar-refractivity contribution < 1.29 is 9.59 Å². The second-order valence-corrected chi connectivity index (χ2v) is 5.91. The maximum Gasteiger partial charge on any atom is 0.257 e. The minimum Gasteiger partial charge on any atom is -0.345 e. The van der Waals surface area contributed by atoms with Gasteiger partial charge in [0.05, 0.1) is 0 Å². The molecule has 0 aromatic heterocycles. The Morgan fingerprint density at radius 2 is 1.75 bits per heavy atom. The van der Waals surface area contributed by atoms with Crippen molar-refractivity contribution in [3.8, 4) is 0 Å². The van der Waals surface area contributed by atoms with Gasteiger partial charge in [-0.1, -0.05) is 24.3 Å². The molecule has 0 spiro atoms. The summed E-state index contributed by atoms with van der Waals surface area (Å²) in [6, 6.07) is 14.2. The van der Waals surface area contributed by atoms with Gasteiger partial charge in [-0.3, -0.25) is 14.9 Å². The number of nitrogens with zero attached hydrogens (tertiary/aromatic N) is 1. The number of rotatable bonds is 3. The summed E-state index contributed by atoms with van der Waals surface area (Å²) in [5.41, 5.74) is 2.62. The number of amides is 2. The third-order valence-electron chi connectivity index (χ3n) is 3.39. The molecule has 0 saturated carbocycles. The number of thiocarbonyl (C=S) groups is 1. The molecule has 2 N–H and O–H groups in total. The lowest BCUT2D eigenvalue weighted by Crippen LogP contribution is -2.34. The number of carbonyl (C=O) groups excluding carboxylic acids is 2. The molecule has 2 amide bonds. The lowest BCUT2D eigenvalue weighted by Gasteiger charge is -2.13. The lowest BCUT2D eigenvalue weighted by atomic mass is 10.1. The summed E-state index contributed by atoms with van der Waals surface area (Å²) >= 11 is 5.18. The first kappa shape index (κ1) is 17.6. The number of anilines is 1. The molecule has 124 valence electrons. The fraction of sp³-hybridized carbons (Fsp3) is 0.167. The van der Waals surface area contributed by atoms with E-state index in [1.54, 1.807) is 50.5 Å². The van der Waals surface area contributed by atoms with Crippen molar-refractivity contribution in [1.29, 1.82) is 0 Å². The van der Waals surface area contributed by atoms with Crippen LogP contribution in [-0.2, 0) is 0 Å². The number of nitrogens with one attached hydrogen (secondary N) is 2. The molecule has 0 aliphatic rings. The number of aryl methyl sites for hydroxylation is 1. The largest absolute Gasteiger partial charge is 0.345 e. The van der Waals surface area contributed by atoms with Crippen molar-refractivity contribution in [3.63, 3.8) is 0 Å². The molecular weight excluding hydrogens is 322 g/mol. The first-order chi connectivity index (χ1) is 11.4. The van der Waals surface area contributed by atoms with Gasteiger partial charge in [-0.15, -0.1) is 0 Å². The van der Waals surface area contributed by atoms with Crippen LogP contribution < -0.4 is 10.6 Å². The van der Waals surface area contributed by atoms with E-state index in [9.17, 15) is 9.59 Å². The van der Waals surface area contributed by atoms with Crippen LogP contribution in [0.15, 0.2) is 48.5 Å². The van der Waals surface area contributed by atoms with E-state index in [0.29, 0.717) is 16.8 Å². The zero-order valence-electron chi connectivity index (χ0n) is 13.8. The standard InChI is InChI=1S/C18H19N3O2S/c1-12-7-4-5-10-15(12)16(22)20-18(24)19-14-9-6-8-13(11-14)17(23)21(2)3/h4-11H,1-3H3,(H2,19,20,22,24). The van der Waals surface area contributed by atoms with Crippen LogP contribution in [0.5, 0.6) is 0 Å². The van der Waals surface area contributed by atoms with Crippen molar-refractivity contribution >= 4 is 34.8 Å². The van der Waals surface area contributed by atoms with E-state index in [-0.39, 0.29) is 16.9 Å². The summed E-state index contributed by atoms with van der Waals surface area (Å²) in [6.45, 7) is 1.86. The fourth-order valence-corrected chi connectivity index (χ4v) is 2.36. The second-order valence-electron chi connectivity index (χ2n) is 5.50. The molecule has 0 saturated heterocycles. The molecule has 0 bridgehead atoms. The Labute approximate surface area is 146 Å². The monoisotopic (exact) mass is 341 g/mol. The summed E-state index contributed by atoms with van der Waals surface area (Å²) in [4.78, 5) is 25.7. The second kappa shape index (κ2) is 7.70. The van der Waals surface area contributed by atoms with Gasteiger partial charge >= 0.3 is 0 Å². The van der Waals surface area contributed by atoms with E-state index in [2.05, 4.69) is 10.6 Å². The highest BCUT2D eigenvalue weighted by Gasteiger charge is 2.11. The van der Waals surface area contributed by atoms with Crippen LogP contribution in [0, 0.1) is 6.92 Å². The van der Waals surface area contributed by atoms with Crippen LogP contribution >= 0.6 is 12.2 Å². The Morgan fingerprint density at radius 1 is 1.04 bits per heavy atom. The number of benzene rings is 2. The topological polar surface area (TPSA) is 61.4 Å². The molecule has 2 aromatic carbocycles. The number of hydrogen-bond donors (Lipinski definition) is 2. The maximum atomic E-state index is 12.2. The lowest BCUT2D eigenvalue weighted by molar-refractivity contribution is 0.0827. The minimum absolute atomic E-state index is 0.103. The fourth-order valence-electron chi connectivity index (χ4n) is 2.15. The van der Waals surface area contributed by atoms with Crippen LogP contribution in [0.4, 0.5) is 5.69 Å². The van der Waals surface area contributed by atoms with Crippen LogP contribution in [0.25, 0.3) is 0 Å². The van der Waals surface area contributed by atoms with Gasteiger partial charge in [0, 0.05) is 30.9 Å². The van der Waals surface area contributed by atoms with E-state index >= 15 is 0 Å². The van der Waals surface area contributed by atoms with Gasteiger partial charge in [-0.25, -0.2) is 0 Å². The summed E-state index contributed by atoms with van der Waals surface area (Å²) in [5, 5.41) is 5.75. The first-order valence-corrected chi connectivity index (χ1v) is 7.79. The summed E-state index contributed by atoms with van der Waals surface area (Å²) in [6.07, 6.45) is 0. The van der Waals surface area contributed by atoms with E-state index in [0.717, 1.165) is 5.56 Å².